The first-order chi connectivity index (χ1) is 18.5. The van der Waals surface area contributed by atoms with Crippen molar-refractivity contribution < 1.29 is 53.5 Å². The van der Waals surface area contributed by atoms with Crippen LogP contribution < -0.4 is 5.32 Å². The first-order valence-corrected chi connectivity index (χ1v) is 12.8. The lowest BCUT2D eigenvalue weighted by Crippen LogP contribution is -2.80. The molecule has 13 nitrogen and oxygen atoms in total. The molecule has 2 heterocycles. The number of carboxylic acid groups (broad SMARTS) is 2. The fourth-order valence-corrected chi connectivity index (χ4v) is 5.45. The molecule has 2 aliphatic rings. The lowest BCUT2D eigenvalue weighted by Gasteiger charge is -2.55. The van der Waals surface area contributed by atoms with Gasteiger partial charge >= 0.3 is 17.9 Å². The Morgan fingerprint density at radius 2 is 1.79 bits per heavy atom. The molecule has 39 heavy (non-hydrogen) atoms. The lowest BCUT2D eigenvalue weighted by molar-refractivity contribution is -0.192. The van der Waals surface area contributed by atoms with Crippen LogP contribution >= 0.6 is 11.8 Å². The Balaban J connectivity index is 1.70. The number of nitrogens with zero attached hydrogens (tertiary/aromatic N) is 1. The van der Waals surface area contributed by atoms with Crippen LogP contribution in [0.2, 0.25) is 0 Å². The standard InChI is InChI=1S/C25H28N2O11S/c1-36-17(11-14-7-9-16(28)10-8-14)22(34)38-12-15-13-39-24-25(37-2,23(35)27(24)20(15)21(32)33)26-18(29)5-3-4-6-19(30)31/h7-11,24,28H,3-6,12-13H2,1-2H3,(H,26,29)(H,30,31)(H,32,33)/t24-,25-/m0/s1. The number of amides is 2. The van der Waals surface area contributed by atoms with Crippen molar-refractivity contribution in [2.24, 2.45) is 0 Å². The van der Waals surface area contributed by atoms with Gasteiger partial charge < -0.3 is 34.8 Å². The van der Waals surface area contributed by atoms with Crippen LogP contribution in [0.5, 0.6) is 5.75 Å². The van der Waals surface area contributed by atoms with Crippen molar-refractivity contribution in [3.05, 3.63) is 46.9 Å². The molecule has 0 saturated carbocycles. The van der Waals surface area contributed by atoms with E-state index in [0.29, 0.717) is 5.56 Å². The molecule has 0 bridgehead atoms. The monoisotopic (exact) mass is 564 g/mol. The van der Waals surface area contributed by atoms with Gasteiger partial charge in [-0.15, -0.1) is 11.8 Å². The number of methoxy groups -OCH3 is 2. The van der Waals surface area contributed by atoms with E-state index < -0.39 is 47.4 Å². The summed E-state index contributed by atoms with van der Waals surface area (Å²) in [4.78, 5) is 61.9. The summed E-state index contributed by atoms with van der Waals surface area (Å²) in [5, 5.41) is 29.6. The van der Waals surface area contributed by atoms with Crippen molar-refractivity contribution in [2.75, 3.05) is 26.6 Å². The average molecular weight is 565 g/mol. The van der Waals surface area contributed by atoms with Gasteiger partial charge in [0.2, 0.25) is 11.7 Å². The van der Waals surface area contributed by atoms with Crippen LogP contribution in [0.15, 0.2) is 41.3 Å². The number of ether oxygens (including phenoxy) is 3. The van der Waals surface area contributed by atoms with Gasteiger partial charge in [0.05, 0.1) is 7.11 Å². The highest BCUT2D eigenvalue weighted by molar-refractivity contribution is 8.00. The number of hydrogen-bond donors (Lipinski definition) is 4. The van der Waals surface area contributed by atoms with Crippen LogP contribution in [0, 0.1) is 0 Å². The lowest BCUT2D eigenvalue weighted by atomic mass is 9.97. The second-order valence-electron chi connectivity index (χ2n) is 8.57. The molecule has 0 aliphatic carbocycles. The second kappa shape index (κ2) is 12.7. The summed E-state index contributed by atoms with van der Waals surface area (Å²) >= 11 is 1.13. The number of carboxylic acids is 2. The van der Waals surface area contributed by atoms with Gasteiger partial charge in [-0.25, -0.2) is 9.59 Å². The number of nitrogens with one attached hydrogen (secondary N) is 1. The minimum absolute atomic E-state index is 0.0363. The van der Waals surface area contributed by atoms with E-state index in [2.05, 4.69) is 5.32 Å². The zero-order chi connectivity index (χ0) is 28.7. The molecule has 2 aliphatic heterocycles. The third kappa shape index (κ3) is 6.52. The van der Waals surface area contributed by atoms with Gasteiger partial charge in [0.25, 0.3) is 11.6 Å². The van der Waals surface area contributed by atoms with E-state index in [1.54, 1.807) is 12.1 Å². The Kier molecular flexibility index (Phi) is 9.59. The van der Waals surface area contributed by atoms with Crippen molar-refractivity contribution in [3.63, 3.8) is 0 Å². The molecule has 0 radical (unpaired) electrons. The number of aliphatic carboxylic acids is 2. The highest BCUT2D eigenvalue weighted by atomic mass is 32.2. The number of fused-ring (bicyclic) bond motifs is 1. The largest absolute Gasteiger partial charge is 0.508 e. The molecule has 0 unspecified atom stereocenters. The summed E-state index contributed by atoms with van der Waals surface area (Å²) < 4.78 is 15.7. The smallest absolute Gasteiger partial charge is 0.373 e. The number of phenols is 1. The van der Waals surface area contributed by atoms with Crippen molar-refractivity contribution >= 4 is 47.6 Å². The number of benzene rings is 1. The summed E-state index contributed by atoms with van der Waals surface area (Å²) in [5.41, 5.74) is -1.45. The van der Waals surface area contributed by atoms with Crippen LogP contribution in [0.4, 0.5) is 0 Å². The van der Waals surface area contributed by atoms with Gasteiger partial charge in [-0.3, -0.25) is 19.3 Å². The van der Waals surface area contributed by atoms with E-state index in [0.717, 1.165) is 16.7 Å². The van der Waals surface area contributed by atoms with Gasteiger partial charge in [-0.05, 0) is 36.6 Å². The van der Waals surface area contributed by atoms with Crippen molar-refractivity contribution in [1.82, 2.24) is 10.2 Å². The number of carbonyl (C=O) groups is 5. The highest BCUT2D eigenvalue weighted by Crippen LogP contribution is 2.46. The molecule has 0 aromatic heterocycles. The molecule has 1 saturated heterocycles. The molecule has 14 heteroatoms. The SMILES string of the molecule is COC(=Cc1ccc(O)cc1)C(=O)OCC1=C(C(=O)O)N2C(=O)[C@](NC(=O)CCCCC(=O)O)(OC)[C@@H]2SC1. The molecular formula is C25H28N2O11S. The van der Waals surface area contributed by atoms with Crippen molar-refractivity contribution in [2.45, 2.75) is 36.8 Å². The molecule has 1 aromatic rings. The van der Waals surface area contributed by atoms with E-state index in [4.69, 9.17) is 19.3 Å². The third-order valence-electron chi connectivity index (χ3n) is 5.99. The first-order valence-electron chi connectivity index (χ1n) is 11.7. The van der Waals surface area contributed by atoms with E-state index in [1.807, 2.05) is 0 Å². The zero-order valence-electron chi connectivity index (χ0n) is 21.2. The zero-order valence-corrected chi connectivity index (χ0v) is 22.0. The second-order valence-corrected chi connectivity index (χ2v) is 9.63. The molecular weight excluding hydrogens is 536 g/mol. The van der Waals surface area contributed by atoms with Gasteiger partial charge in [-0.1, -0.05) is 12.1 Å². The number of esters is 1. The van der Waals surface area contributed by atoms with Gasteiger partial charge in [0.1, 0.15) is 23.4 Å². The van der Waals surface area contributed by atoms with Crippen LogP contribution in [-0.2, 0) is 38.2 Å². The Bertz CT molecular complexity index is 1210. The summed E-state index contributed by atoms with van der Waals surface area (Å²) in [6.45, 7) is -0.434. The summed E-state index contributed by atoms with van der Waals surface area (Å²) in [6, 6.07) is 5.96. The number of rotatable bonds is 13. The normalized spacial score (nSPS) is 20.6. The Morgan fingerprint density at radius 1 is 1.13 bits per heavy atom. The van der Waals surface area contributed by atoms with E-state index in [1.165, 1.54) is 32.4 Å². The number of phenolic OH excluding ortho intramolecular Hbond substituents is 1. The minimum atomic E-state index is -1.78. The number of unbranched alkanes of at least 4 members (excludes halogenated alkanes) is 1. The van der Waals surface area contributed by atoms with Crippen LogP contribution in [0.25, 0.3) is 6.08 Å². The Hall–Kier alpha value is -4.04. The highest BCUT2D eigenvalue weighted by Gasteiger charge is 2.66. The predicted molar refractivity (Wildman–Crippen MR) is 136 cm³/mol. The molecule has 210 valence electrons. The Morgan fingerprint density at radius 3 is 2.38 bits per heavy atom. The fourth-order valence-electron chi connectivity index (χ4n) is 4.03. The summed E-state index contributed by atoms with van der Waals surface area (Å²) in [5.74, 6) is -4.66. The summed E-state index contributed by atoms with van der Waals surface area (Å²) in [6.07, 6.45) is 1.83. The summed E-state index contributed by atoms with van der Waals surface area (Å²) in [7, 11) is 2.48. The van der Waals surface area contributed by atoms with Crippen molar-refractivity contribution in [3.8, 4) is 5.75 Å². The first kappa shape index (κ1) is 29.5. The molecule has 1 aromatic carbocycles. The van der Waals surface area contributed by atoms with E-state index in [9.17, 15) is 34.2 Å². The predicted octanol–water partition coefficient (Wildman–Crippen LogP) is 1.28. The molecule has 2 atom stereocenters. The molecule has 4 N–H and O–H groups in total. The molecule has 1 fully saturated rings. The number of hydrogen-bond acceptors (Lipinski definition) is 10. The van der Waals surface area contributed by atoms with Crippen LogP contribution in [-0.4, -0.2) is 87.6 Å². The maximum absolute atomic E-state index is 13.1. The van der Waals surface area contributed by atoms with Crippen molar-refractivity contribution in [1.29, 1.82) is 0 Å². The maximum Gasteiger partial charge on any atom is 0.373 e. The quantitative estimate of drug-likeness (QED) is 0.0672. The number of aromatic hydroxyl groups is 1. The Labute approximate surface area is 227 Å². The third-order valence-corrected chi connectivity index (χ3v) is 7.37. The topological polar surface area (TPSA) is 189 Å². The van der Waals surface area contributed by atoms with Gasteiger partial charge in [0, 0.05) is 31.3 Å². The number of carbonyl (C=O) groups excluding carboxylic acids is 3. The molecule has 3 rings (SSSR count). The number of β-lactam (4-membered cyclic amide) rings is 1. The number of thioether (sulfide) groups is 1. The van der Waals surface area contributed by atoms with Crippen LogP contribution in [0.3, 0.4) is 0 Å². The average Bonchev–Trinajstić information content (AvgIpc) is 2.91. The maximum atomic E-state index is 13.1. The van der Waals surface area contributed by atoms with E-state index >= 15 is 0 Å². The molecule has 2 amide bonds. The van der Waals surface area contributed by atoms with E-state index in [-0.39, 0.29) is 54.2 Å². The van der Waals surface area contributed by atoms with Gasteiger partial charge in [-0.2, -0.15) is 0 Å². The van der Waals surface area contributed by atoms with Crippen LogP contribution in [0.1, 0.15) is 31.2 Å². The van der Waals surface area contributed by atoms with Gasteiger partial charge in [0.15, 0.2) is 0 Å². The minimum Gasteiger partial charge on any atom is -0.508 e. The fraction of sp³-hybridized carbons (Fsp3) is 0.400. The molecule has 0 spiro atoms.